The van der Waals surface area contributed by atoms with Crippen LogP contribution in [-0.4, -0.2) is 11.2 Å². The van der Waals surface area contributed by atoms with Gasteiger partial charge in [0.2, 0.25) is 0 Å². The molecule has 2 atom stereocenters. The maximum absolute atomic E-state index is 13.0. The molecule has 1 aliphatic rings. The molecule has 2 rings (SSSR count). The fourth-order valence-corrected chi connectivity index (χ4v) is 2.24. The van der Waals surface area contributed by atoms with Crippen LogP contribution in [0.5, 0.6) is 0 Å². The number of aliphatic hydroxyl groups excluding tert-OH is 1. The van der Waals surface area contributed by atoms with Crippen LogP contribution in [-0.2, 0) is 6.42 Å². The largest absolute Gasteiger partial charge is 0.392 e. The van der Waals surface area contributed by atoms with E-state index in [0.717, 1.165) is 24.8 Å². The minimum atomic E-state index is -0.355. The van der Waals surface area contributed by atoms with Crippen LogP contribution in [0.1, 0.15) is 24.8 Å². The van der Waals surface area contributed by atoms with Crippen LogP contribution in [0.4, 0.5) is 4.39 Å². The Balaban J connectivity index is 1.96. The molecule has 0 saturated carbocycles. The zero-order valence-corrected chi connectivity index (χ0v) is 9.27. The zero-order chi connectivity index (χ0) is 11.4. The molecular formula is C14H17FO. The van der Waals surface area contributed by atoms with Crippen LogP contribution in [0, 0.1) is 11.7 Å². The van der Waals surface area contributed by atoms with Gasteiger partial charge in [0, 0.05) is 0 Å². The third-order valence-corrected chi connectivity index (χ3v) is 3.19. The smallest absolute Gasteiger partial charge is 0.123 e. The molecule has 2 heteroatoms. The highest BCUT2D eigenvalue weighted by Gasteiger charge is 2.19. The van der Waals surface area contributed by atoms with Crippen LogP contribution in [0.2, 0.25) is 0 Å². The van der Waals surface area contributed by atoms with Gasteiger partial charge >= 0.3 is 0 Å². The molecule has 0 amide bonds. The fourth-order valence-electron chi connectivity index (χ4n) is 2.24. The van der Waals surface area contributed by atoms with Gasteiger partial charge in [-0.15, -0.1) is 0 Å². The Bertz CT molecular complexity index is 373. The second-order valence-electron chi connectivity index (χ2n) is 4.45. The summed E-state index contributed by atoms with van der Waals surface area (Å²) in [5.41, 5.74) is 0.877. The Morgan fingerprint density at radius 2 is 2.25 bits per heavy atom. The minimum absolute atomic E-state index is 0.228. The molecule has 0 spiro atoms. The van der Waals surface area contributed by atoms with E-state index in [1.165, 1.54) is 12.1 Å². The Kier molecular flexibility index (Phi) is 3.73. The molecule has 1 nitrogen and oxygen atoms in total. The van der Waals surface area contributed by atoms with E-state index in [-0.39, 0.29) is 11.9 Å². The second-order valence-corrected chi connectivity index (χ2v) is 4.45. The van der Waals surface area contributed by atoms with E-state index in [1.807, 2.05) is 6.07 Å². The predicted molar refractivity (Wildman–Crippen MR) is 62.6 cm³/mol. The Morgan fingerprint density at radius 1 is 1.38 bits per heavy atom. The van der Waals surface area contributed by atoms with Gasteiger partial charge in [-0.05, 0) is 49.3 Å². The van der Waals surface area contributed by atoms with Crippen LogP contribution < -0.4 is 0 Å². The average Bonchev–Trinajstić information content (AvgIpc) is 2.30. The first-order valence-corrected chi connectivity index (χ1v) is 5.83. The molecule has 1 N–H and O–H groups in total. The number of benzene rings is 1. The van der Waals surface area contributed by atoms with Crippen molar-refractivity contribution in [2.24, 2.45) is 5.92 Å². The van der Waals surface area contributed by atoms with Crippen LogP contribution in [0.15, 0.2) is 36.4 Å². The van der Waals surface area contributed by atoms with E-state index < -0.39 is 0 Å². The number of allylic oxidation sites excluding steroid dienone is 2. The maximum atomic E-state index is 13.0. The molecule has 0 aromatic heterocycles. The van der Waals surface area contributed by atoms with Gasteiger partial charge in [-0.25, -0.2) is 4.39 Å². The second kappa shape index (κ2) is 5.26. The van der Waals surface area contributed by atoms with E-state index in [0.29, 0.717) is 12.3 Å². The fraction of sp³-hybridized carbons (Fsp3) is 0.429. The van der Waals surface area contributed by atoms with E-state index in [9.17, 15) is 9.50 Å². The molecule has 0 aliphatic heterocycles. The van der Waals surface area contributed by atoms with Gasteiger partial charge in [-0.2, -0.15) is 0 Å². The monoisotopic (exact) mass is 220 g/mol. The van der Waals surface area contributed by atoms with Gasteiger partial charge in [0.1, 0.15) is 5.82 Å². The molecule has 1 aromatic rings. The number of halogens is 1. The molecule has 0 bridgehead atoms. The first-order valence-electron chi connectivity index (χ1n) is 5.83. The molecule has 2 unspecified atom stereocenters. The highest BCUT2D eigenvalue weighted by molar-refractivity contribution is 5.17. The summed E-state index contributed by atoms with van der Waals surface area (Å²) in [7, 11) is 0. The first kappa shape index (κ1) is 11.3. The van der Waals surface area contributed by atoms with Crippen LogP contribution in [0.25, 0.3) is 0 Å². The molecule has 0 heterocycles. The zero-order valence-electron chi connectivity index (χ0n) is 9.27. The van der Waals surface area contributed by atoms with Crippen molar-refractivity contribution in [2.75, 3.05) is 0 Å². The lowest BCUT2D eigenvalue weighted by molar-refractivity contribution is 0.102. The summed E-state index contributed by atoms with van der Waals surface area (Å²) < 4.78 is 13.0. The molecule has 0 fully saturated rings. The number of rotatable bonds is 3. The van der Waals surface area contributed by atoms with Crippen molar-refractivity contribution in [3.05, 3.63) is 47.8 Å². The molecule has 1 aromatic carbocycles. The third-order valence-electron chi connectivity index (χ3n) is 3.19. The highest BCUT2D eigenvalue weighted by Crippen LogP contribution is 2.23. The number of hydrogen-bond acceptors (Lipinski definition) is 1. The van der Waals surface area contributed by atoms with Crippen molar-refractivity contribution in [3.63, 3.8) is 0 Å². The Morgan fingerprint density at radius 3 is 2.94 bits per heavy atom. The maximum Gasteiger partial charge on any atom is 0.123 e. The van der Waals surface area contributed by atoms with Crippen molar-refractivity contribution in [2.45, 2.75) is 31.8 Å². The van der Waals surface area contributed by atoms with Crippen LogP contribution >= 0.6 is 0 Å². The molecule has 16 heavy (non-hydrogen) atoms. The van der Waals surface area contributed by atoms with E-state index in [1.54, 1.807) is 6.07 Å². The summed E-state index contributed by atoms with van der Waals surface area (Å²) in [6, 6.07) is 6.49. The lowest BCUT2D eigenvalue weighted by Crippen LogP contribution is -2.23. The van der Waals surface area contributed by atoms with Gasteiger partial charge in [-0.3, -0.25) is 0 Å². The number of aliphatic hydroxyl groups is 1. The highest BCUT2D eigenvalue weighted by atomic mass is 19.1. The predicted octanol–water partition coefficient (Wildman–Crippen LogP) is 3.09. The molecule has 86 valence electrons. The van der Waals surface area contributed by atoms with Gasteiger partial charge in [-0.1, -0.05) is 24.3 Å². The van der Waals surface area contributed by atoms with Crippen molar-refractivity contribution in [3.8, 4) is 0 Å². The molecule has 1 aliphatic carbocycles. The summed E-state index contributed by atoms with van der Waals surface area (Å²) in [4.78, 5) is 0. The lowest BCUT2D eigenvalue weighted by atomic mass is 9.86. The van der Waals surface area contributed by atoms with Gasteiger partial charge < -0.3 is 5.11 Å². The van der Waals surface area contributed by atoms with Gasteiger partial charge in [0.15, 0.2) is 0 Å². The first-order chi connectivity index (χ1) is 7.75. The van der Waals surface area contributed by atoms with Crippen molar-refractivity contribution >= 4 is 0 Å². The summed E-state index contributed by atoms with van der Waals surface area (Å²) in [5, 5.41) is 10.1. The summed E-state index contributed by atoms with van der Waals surface area (Å²) in [6.45, 7) is 0. The average molecular weight is 220 g/mol. The normalized spacial score (nSPS) is 22.0. The lowest BCUT2D eigenvalue weighted by Gasteiger charge is -2.23. The van der Waals surface area contributed by atoms with Gasteiger partial charge in [0.05, 0.1) is 6.10 Å². The third kappa shape index (κ3) is 2.92. The molecule has 0 saturated heterocycles. The topological polar surface area (TPSA) is 20.2 Å². The summed E-state index contributed by atoms with van der Waals surface area (Å²) >= 11 is 0. The summed E-state index contributed by atoms with van der Waals surface area (Å²) in [6.07, 6.45) is 7.51. The van der Waals surface area contributed by atoms with E-state index in [4.69, 9.17) is 0 Å². The van der Waals surface area contributed by atoms with Gasteiger partial charge in [0.25, 0.3) is 0 Å². The molecular weight excluding hydrogens is 203 g/mol. The Hall–Kier alpha value is -1.15. The van der Waals surface area contributed by atoms with Crippen molar-refractivity contribution < 1.29 is 9.50 Å². The summed E-state index contributed by atoms with van der Waals surface area (Å²) in [5.74, 6) is 0.0986. The number of hydrogen-bond donors (Lipinski definition) is 1. The van der Waals surface area contributed by atoms with E-state index >= 15 is 0 Å². The van der Waals surface area contributed by atoms with Crippen LogP contribution in [0.3, 0.4) is 0 Å². The van der Waals surface area contributed by atoms with Crippen molar-refractivity contribution in [1.29, 1.82) is 0 Å². The SMILES string of the molecule is OC(Cc1cccc(F)c1)C1CC=CCC1. The van der Waals surface area contributed by atoms with E-state index in [2.05, 4.69) is 12.2 Å². The minimum Gasteiger partial charge on any atom is -0.392 e. The molecule has 0 radical (unpaired) electrons. The standard InChI is InChI=1S/C14H17FO/c15-13-8-4-5-11(9-13)10-14(16)12-6-2-1-3-7-12/h1-2,4-5,8-9,12,14,16H,3,6-7,10H2. The quantitative estimate of drug-likeness (QED) is 0.776. The van der Waals surface area contributed by atoms with Crippen molar-refractivity contribution in [1.82, 2.24) is 0 Å². The Labute approximate surface area is 95.6 Å².